The second-order valence-electron chi connectivity index (χ2n) is 7.30. The van der Waals surface area contributed by atoms with Gasteiger partial charge in [0.1, 0.15) is 5.82 Å². The van der Waals surface area contributed by atoms with E-state index in [-0.39, 0.29) is 5.91 Å². The van der Waals surface area contributed by atoms with Gasteiger partial charge >= 0.3 is 0 Å². The number of hydrogen-bond donors (Lipinski definition) is 1. The molecule has 1 fully saturated rings. The van der Waals surface area contributed by atoms with Gasteiger partial charge in [0.15, 0.2) is 5.65 Å². The van der Waals surface area contributed by atoms with Gasteiger partial charge in [0.05, 0.1) is 6.54 Å². The van der Waals surface area contributed by atoms with Crippen molar-refractivity contribution in [2.45, 2.75) is 32.2 Å². The molecule has 1 saturated heterocycles. The molecule has 0 bridgehead atoms. The molecule has 27 heavy (non-hydrogen) atoms. The van der Waals surface area contributed by atoms with E-state index in [2.05, 4.69) is 56.0 Å². The Kier molecular flexibility index (Phi) is 5.16. The summed E-state index contributed by atoms with van der Waals surface area (Å²) in [6.07, 6.45) is 4.03. The molecule has 4 rings (SSSR count). The zero-order valence-corrected chi connectivity index (χ0v) is 15.6. The van der Waals surface area contributed by atoms with Crippen LogP contribution in [0.4, 0.5) is 0 Å². The van der Waals surface area contributed by atoms with Crippen molar-refractivity contribution in [3.63, 3.8) is 0 Å². The minimum Gasteiger partial charge on any atom is -0.351 e. The molecule has 0 saturated carbocycles. The number of nitrogens with one attached hydrogen (secondary N) is 1. The molecule has 0 unspecified atom stereocenters. The van der Waals surface area contributed by atoms with Crippen molar-refractivity contribution in [3.05, 3.63) is 65.6 Å². The SMILES string of the molecule is Cc1ccc(CNC(=O)CN2CCC(c3nnc4ccccn34)CC2)cc1. The van der Waals surface area contributed by atoms with E-state index in [9.17, 15) is 4.79 Å². The third kappa shape index (κ3) is 4.17. The van der Waals surface area contributed by atoms with Crippen molar-refractivity contribution in [3.8, 4) is 0 Å². The maximum atomic E-state index is 12.3. The van der Waals surface area contributed by atoms with Crippen molar-refractivity contribution < 1.29 is 4.79 Å². The number of benzene rings is 1. The molecule has 0 atom stereocenters. The summed E-state index contributed by atoms with van der Waals surface area (Å²) in [5.41, 5.74) is 3.25. The number of aromatic nitrogens is 3. The summed E-state index contributed by atoms with van der Waals surface area (Å²) in [6.45, 7) is 4.92. The standard InChI is InChI=1S/C21H25N5O/c1-16-5-7-17(8-6-16)14-22-20(27)15-25-12-9-18(10-13-25)21-24-23-19-4-2-3-11-26(19)21/h2-8,11,18H,9-10,12-15H2,1H3,(H,22,27). The molecular weight excluding hydrogens is 338 g/mol. The van der Waals surface area contributed by atoms with Gasteiger partial charge in [-0.1, -0.05) is 35.9 Å². The van der Waals surface area contributed by atoms with Crippen LogP contribution in [0.5, 0.6) is 0 Å². The van der Waals surface area contributed by atoms with Crippen LogP contribution in [0, 0.1) is 6.92 Å². The summed E-state index contributed by atoms with van der Waals surface area (Å²) >= 11 is 0. The molecule has 1 amide bonds. The van der Waals surface area contributed by atoms with Gasteiger partial charge in [0.2, 0.25) is 5.91 Å². The highest BCUT2D eigenvalue weighted by molar-refractivity contribution is 5.78. The summed E-state index contributed by atoms with van der Waals surface area (Å²) < 4.78 is 2.08. The van der Waals surface area contributed by atoms with E-state index in [0.29, 0.717) is 19.0 Å². The van der Waals surface area contributed by atoms with Crippen LogP contribution < -0.4 is 5.32 Å². The number of carbonyl (C=O) groups is 1. The second kappa shape index (κ2) is 7.88. The normalized spacial score (nSPS) is 15.9. The molecule has 3 heterocycles. The molecule has 6 heteroatoms. The number of fused-ring (bicyclic) bond motifs is 1. The van der Waals surface area contributed by atoms with Crippen LogP contribution in [-0.2, 0) is 11.3 Å². The third-order valence-corrected chi connectivity index (χ3v) is 5.27. The number of pyridine rings is 1. The number of carbonyl (C=O) groups excluding carboxylic acids is 1. The number of hydrogen-bond acceptors (Lipinski definition) is 4. The Morgan fingerprint density at radius 2 is 1.89 bits per heavy atom. The van der Waals surface area contributed by atoms with Crippen LogP contribution in [0.1, 0.15) is 35.7 Å². The Bertz CT molecular complexity index is 910. The highest BCUT2D eigenvalue weighted by atomic mass is 16.2. The van der Waals surface area contributed by atoms with Crippen molar-refractivity contribution in [2.75, 3.05) is 19.6 Å². The van der Waals surface area contributed by atoms with E-state index in [0.717, 1.165) is 43.0 Å². The average Bonchev–Trinajstić information content (AvgIpc) is 3.12. The van der Waals surface area contributed by atoms with Crippen LogP contribution in [0.3, 0.4) is 0 Å². The highest BCUT2D eigenvalue weighted by Crippen LogP contribution is 2.26. The van der Waals surface area contributed by atoms with E-state index in [1.54, 1.807) is 0 Å². The predicted molar refractivity (Wildman–Crippen MR) is 104 cm³/mol. The Balaban J connectivity index is 1.26. The lowest BCUT2D eigenvalue weighted by molar-refractivity contribution is -0.122. The molecule has 6 nitrogen and oxygen atoms in total. The summed E-state index contributed by atoms with van der Waals surface area (Å²) in [6, 6.07) is 14.2. The van der Waals surface area contributed by atoms with Gasteiger partial charge in [-0.25, -0.2) is 0 Å². The second-order valence-corrected chi connectivity index (χ2v) is 7.30. The van der Waals surface area contributed by atoms with Crippen LogP contribution in [-0.4, -0.2) is 45.0 Å². The maximum absolute atomic E-state index is 12.3. The van der Waals surface area contributed by atoms with Gasteiger partial charge in [0.25, 0.3) is 0 Å². The minimum atomic E-state index is 0.0851. The number of amides is 1. The molecule has 3 aromatic rings. The lowest BCUT2D eigenvalue weighted by atomic mass is 9.96. The monoisotopic (exact) mass is 363 g/mol. The number of likely N-dealkylation sites (tertiary alicyclic amines) is 1. The van der Waals surface area contributed by atoms with Gasteiger partial charge in [-0.2, -0.15) is 0 Å². The van der Waals surface area contributed by atoms with E-state index in [1.165, 1.54) is 5.56 Å². The fourth-order valence-corrected chi connectivity index (χ4v) is 3.65. The Hall–Kier alpha value is -2.73. The van der Waals surface area contributed by atoms with Gasteiger partial charge in [0, 0.05) is 18.7 Å². The average molecular weight is 363 g/mol. The first-order valence-corrected chi connectivity index (χ1v) is 9.53. The van der Waals surface area contributed by atoms with E-state index in [4.69, 9.17) is 0 Å². The quantitative estimate of drug-likeness (QED) is 0.757. The summed E-state index contributed by atoms with van der Waals surface area (Å²) in [4.78, 5) is 14.5. The molecule has 2 aromatic heterocycles. The van der Waals surface area contributed by atoms with Crippen molar-refractivity contribution in [2.24, 2.45) is 0 Å². The largest absolute Gasteiger partial charge is 0.351 e. The molecule has 1 aliphatic heterocycles. The van der Waals surface area contributed by atoms with Crippen LogP contribution in [0.25, 0.3) is 5.65 Å². The van der Waals surface area contributed by atoms with Crippen LogP contribution >= 0.6 is 0 Å². The fraction of sp³-hybridized carbons (Fsp3) is 0.381. The first-order valence-electron chi connectivity index (χ1n) is 9.53. The molecule has 0 radical (unpaired) electrons. The molecule has 140 valence electrons. The molecule has 0 aliphatic carbocycles. The molecule has 1 aromatic carbocycles. The minimum absolute atomic E-state index is 0.0851. The van der Waals surface area contributed by atoms with Crippen molar-refractivity contribution in [1.29, 1.82) is 0 Å². The van der Waals surface area contributed by atoms with Gasteiger partial charge < -0.3 is 5.32 Å². The molecule has 1 N–H and O–H groups in total. The smallest absolute Gasteiger partial charge is 0.234 e. The Morgan fingerprint density at radius 3 is 2.67 bits per heavy atom. The molecule has 0 spiro atoms. The number of rotatable bonds is 5. The zero-order valence-electron chi connectivity index (χ0n) is 15.6. The Morgan fingerprint density at radius 1 is 1.11 bits per heavy atom. The predicted octanol–water partition coefficient (Wildman–Crippen LogP) is 2.53. The number of piperidine rings is 1. The number of nitrogens with zero attached hydrogens (tertiary/aromatic N) is 4. The lowest BCUT2D eigenvalue weighted by Crippen LogP contribution is -2.41. The van der Waals surface area contributed by atoms with E-state index >= 15 is 0 Å². The highest BCUT2D eigenvalue weighted by Gasteiger charge is 2.25. The third-order valence-electron chi connectivity index (χ3n) is 5.27. The van der Waals surface area contributed by atoms with Crippen molar-refractivity contribution in [1.82, 2.24) is 24.8 Å². The first-order chi connectivity index (χ1) is 13.2. The number of aryl methyl sites for hydroxylation is 1. The molecular formula is C21H25N5O. The summed E-state index contributed by atoms with van der Waals surface area (Å²) in [5, 5.41) is 11.7. The van der Waals surface area contributed by atoms with Crippen LogP contribution in [0.2, 0.25) is 0 Å². The molecule has 1 aliphatic rings. The Labute approximate surface area is 159 Å². The first kappa shape index (κ1) is 17.7. The lowest BCUT2D eigenvalue weighted by Gasteiger charge is -2.30. The summed E-state index contributed by atoms with van der Waals surface area (Å²) in [5.74, 6) is 1.52. The summed E-state index contributed by atoms with van der Waals surface area (Å²) in [7, 11) is 0. The fourth-order valence-electron chi connectivity index (χ4n) is 3.65. The van der Waals surface area contributed by atoms with Crippen LogP contribution in [0.15, 0.2) is 48.7 Å². The van der Waals surface area contributed by atoms with Gasteiger partial charge in [-0.3, -0.25) is 14.1 Å². The van der Waals surface area contributed by atoms with E-state index in [1.807, 2.05) is 24.4 Å². The maximum Gasteiger partial charge on any atom is 0.234 e. The van der Waals surface area contributed by atoms with E-state index < -0.39 is 0 Å². The van der Waals surface area contributed by atoms with Gasteiger partial charge in [-0.15, -0.1) is 10.2 Å². The topological polar surface area (TPSA) is 62.5 Å². The van der Waals surface area contributed by atoms with Gasteiger partial charge in [-0.05, 0) is 50.6 Å². The van der Waals surface area contributed by atoms with Crippen molar-refractivity contribution >= 4 is 11.6 Å². The zero-order chi connectivity index (χ0) is 18.6.